The van der Waals surface area contributed by atoms with Gasteiger partial charge < -0.3 is 5.32 Å². The van der Waals surface area contributed by atoms with Gasteiger partial charge >= 0.3 is 0 Å². The summed E-state index contributed by atoms with van der Waals surface area (Å²) in [7, 11) is 0. The molecule has 0 radical (unpaired) electrons. The minimum absolute atomic E-state index is 0.00832. The van der Waals surface area contributed by atoms with Crippen LogP contribution < -0.4 is 5.32 Å². The highest BCUT2D eigenvalue weighted by Gasteiger charge is 2.11. The number of hydrogen-bond donors (Lipinski definition) is 1. The highest BCUT2D eigenvalue weighted by atomic mass is 16.1. The lowest BCUT2D eigenvalue weighted by molar-refractivity contribution is 0.0951. The lowest BCUT2D eigenvalue weighted by atomic mass is 10.0. The van der Waals surface area contributed by atoms with E-state index in [1.54, 1.807) is 0 Å². The summed E-state index contributed by atoms with van der Waals surface area (Å²) in [5, 5.41) is 3.03. The van der Waals surface area contributed by atoms with Crippen LogP contribution in [0.3, 0.4) is 0 Å². The zero-order valence-electron chi connectivity index (χ0n) is 12.3. The Morgan fingerprint density at radius 2 is 1.75 bits per heavy atom. The zero-order valence-corrected chi connectivity index (χ0v) is 12.3. The Hall–Kier alpha value is -2.09. The minimum atomic E-state index is 0.00832. The second-order valence-corrected chi connectivity index (χ2v) is 5.27. The first kappa shape index (κ1) is 14.3. The summed E-state index contributed by atoms with van der Waals surface area (Å²) in [6.07, 6.45) is 0. The number of benzene rings is 2. The molecule has 0 fully saturated rings. The Labute approximate surface area is 120 Å². The molecular weight excluding hydrogens is 246 g/mol. The predicted molar refractivity (Wildman–Crippen MR) is 83.1 cm³/mol. The fourth-order valence-electron chi connectivity index (χ4n) is 2.24. The fourth-order valence-corrected chi connectivity index (χ4v) is 2.24. The molecule has 0 aliphatic carbocycles. The molecule has 2 rings (SSSR count). The maximum absolute atomic E-state index is 12.2. The molecule has 0 saturated carbocycles. The normalized spacial score (nSPS) is 11.9. The van der Waals surface area contributed by atoms with Crippen molar-refractivity contribution in [2.75, 3.05) is 6.54 Å². The monoisotopic (exact) mass is 267 g/mol. The highest BCUT2D eigenvalue weighted by molar-refractivity contribution is 5.95. The van der Waals surface area contributed by atoms with E-state index in [-0.39, 0.29) is 5.91 Å². The highest BCUT2D eigenvalue weighted by Crippen LogP contribution is 2.15. The van der Waals surface area contributed by atoms with Crippen LogP contribution in [0.5, 0.6) is 0 Å². The molecule has 1 atom stereocenters. The number of amides is 1. The Bertz CT molecular complexity index is 590. The van der Waals surface area contributed by atoms with E-state index in [1.807, 2.05) is 50.2 Å². The molecule has 2 aromatic carbocycles. The van der Waals surface area contributed by atoms with Crippen molar-refractivity contribution in [2.45, 2.75) is 26.7 Å². The van der Waals surface area contributed by atoms with E-state index in [0.29, 0.717) is 12.5 Å². The minimum Gasteiger partial charge on any atom is -0.351 e. The summed E-state index contributed by atoms with van der Waals surface area (Å²) in [5.41, 5.74) is 4.21. The summed E-state index contributed by atoms with van der Waals surface area (Å²) in [6.45, 7) is 6.79. The van der Waals surface area contributed by atoms with Gasteiger partial charge in [0.2, 0.25) is 0 Å². The molecule has 0 aliphatic heterocycles. The third-order valence-electron chi connectivity index (χ3n) is 3.79. The Balaban J connectivity index is 2.01. The van der Waals surface area contributed by atoms with E-state index in [9.17, 15) is 4.79 Å². The van der Waals surface area contributed by atoms with E-state index in [0.717, 1.165) is 16.7 Å². The molecule has 1 amide bonds. The average Bonchev–Trinajstić information content (AvgIpc) is 2.48. The third kappa shape index (κ3) is 3.27. The predicted octanol–water partition coefficient (Wildman–Crippen LogP) is 3.84. The first-order valence-corrected chi connectivity index (χ1v) is 6.99. The summed E-state index contributed by atoms with van der Waals surface area (Å²) < 4.78 is 0. The topological polar surface area (TPSA) is 29.1 Å². The van der Waals surface area contributed by atoms with E-state index in [4.69, 9.17) is 0 Å². The number of carbonyl (C=O) groups excluding carboxylic acids is 1. The van der Waals surface area contributed by atoms with E-state index in [2.05, 4.69) is 24.4 Å². The van der Waals surface area contributed by atoms with Gasteiger partial charge in [0.25, 0.3) is 5.91 Å². The van der Waals surface area contributed by atoms with Crippen LogP contribution in [0.4, 0.5) is 0 Å². The van der Waals surface area contributed by atoms with Gasteiger partial charge in [-0.3, -0.25) is 4.79 Å². The van der Waals surface area contributed by atoms with Crippen LogP contribution >= 0.6 is 0 Å². The van der Waals surface area contributed by atoms with Crippen molar-refractivity contribution in [3.63, 3.8) is 0 Å². The van der Waals surface area contributed by atoms with E-state index in [1.165, 1.54) is 5.56 Å². The van der Waals surface area contributed by atoms with Crippen molar-refractivity contribution in [3.05, 3.63) is 70.8 Å². The number of carbonyl (C=O) groups is 1. The molecule has 1 N–H and O–H groups in total. The van der Waals surface area contributed by atoms with Crippen LogP contribution in [0.25, 0.3) is 0 Å². The van der Waals surface area contributed by atoms with Crippen LogP contribution in [0.2, 0.25) is 0 Å². The SMILES string of the molecule is Cc1cccc(C(=O)NC[C@H](C)c2ccccc2)c1C. The second-order valence-electron chi connectivity index (χ2n) is 5.27. The lowest BCUT2D eigenvalue weighted by Gasteiger charge is -2.14. The largest absolute Gasteiger partial charge is 0.351 e. The number of nitrogens with one attached hydrogen (secondary N) is 1. The maximum Gasteiger partial charge on any atom is 0.251 e. The molecule has 0 saturated heterocycles. The molecule has 104 valence electrons. The Morgan fingerprint density at radius 1 is 1.05 bits per heavy atom. The molecule has 0 unspecified atom stereocenters. The molecular formula is C18H21NO. The lowest BCUT2D eigenvalue weighted by Crippen LogP contribution is -2.28. The summed E-state index contributed by atoms with van der Waals surface area (Å²) in [6, 6.07) is 16.1. The summed E-state index contributed by atoms with van der Waals surface area (Å²) >= 11 is 0. The van der Waals surface area contributed by atoms with Gasteiger partial charge in [-0.1, -0.05) is 49.4 Å². The van der Waals surface area contributed by atoms with Gasteiger partial charge in [0.1, 0.15) is 0 Å². The molecule has 20 heavy (non-hydrogen) atoms. The quantitative estimate of drug-likeness (QED) is 0.896. The maximum atomic E-state index is 12.2. The molecule has 0 spiro atoms. The number of aryl methyl sites for hydroxylation is 1. The smallest absolute Gasteiger partial charge is 0.251 e. The van der Waals surface area contributed by atoms with Gasteiger partial charge in [0, 0.05) is 12.1 Å². The molecule has 2 heteroatoms. The van der Waals surface area contributed by atoms with Crippen molar-refractivity contribution in [1.82, 2.24) is 5.32 Å². The van der Waals surface area contributed by atoms with Crippen LogP contribution in [0.15, 0.2) is 48.5 Å². The van der Waals surface area contributed by atoms with Gasteiger partial charge in [-0.15, -0.1) is 0 Å². The molecule has 0 aliphatic rings. The standard InChI is InChI=1S/C18H21NO/c1-13-8-7-11-17(15(13)3)18(20)19-12-14(2)16-9-5-4-6-10-16/h4-11,14H,12H2,1-3H3,(H,19,20)/t14-/m0/s1. The van der Waals surface area contributed by atoms with Crippen LogP contribution in [0, 0.1) is 13.8 Å². The van der Waals surface area contributed by atoms with Crippen LogP contribution in [-0.4, -0.2) is 12.5 Å². The zero-order chi connectivity index (χ0) is 14.5. The fraction of sp³-hybridized carbons (Fsp3) is 0.278. The van der Waals surface area contributed by atoms with Crippen molar-refractivity contribution < 1.29 is 4.79 Å². The molecule has 0 aromatic heterocycles. The first-order chi connectivity index (χ1) is 9.59. The average molecular weight is 267 g/mol. The number of hydrogen-bond acceptors (Lipinski definition) is 1. The Kier molecular flexibility index (Phi) is 4.57. The third-order valence-corrected chi connectivity index (χ3v) is 3.79. The van der Waals surface area contributed by atoms with E-state index >= 15 is 0 Å². The van der Waals surface area contributed by atoms with Gasteiger partial charge in [0.05, 0.1) is 0 Å². The van der Waals surface area contributed by atoms with Gasteiger partial charge in [-0.2, -0.15) is 0 Å². The van der Waals surface area contributed by atoms with Crippen molar-refractivity contribution >= 4 is 5.91 Å². The van der Waals surface area contributed by atoms with Crippen LogP contribution in [0.1, 0.15) is 39.9 Å². The summed E-state index contributed by atoms with van der Waals surface area (Å²) in [5.74, 6) is 0.319. The molecule has 2 aromatic rings. The van der Waals surface area contributed by atoms with E-state index < -0.39 is 0 Å². The molecule has 0 heterocycles. The number of rotatable bonds is 4. The Morgan fingerprint density at radius 3 is 2.45 bits per heavy atom. The van der Waals surface area contributed by atoms with Crippen LogP contribution in [-0.2, 0) is 0 Å². The van der Waals surface area contributed by atoms with Crippen molar-refractivity contribution in [3.8, 4) is 0 Å². The van der Waals surface area contributed by atoms with Gasteiger partial charge in [0.15, 0.2) is 0 Å². The second kappa shape index (κ2) is 6.38. The summed E-state index contributed by atoms with van der Waals surface area (Å²) in [4.78, 5) is 12.2. The molecule has 2 nitrogen and oxygen atoms in total. The first-order valence-electron chi connectivity index (χ1n) is 6.99. The van der Waals surface area contributed by atoms with Crippen molar-refractivity contribution in [1.29, 1.82) is 0 Å². The van der Waals surface area contributed by atoms with Crippen molar-refractivity contribution in [2.24, 2.45) is 0 Å². The van der Waals surface area contributed by atoms with Gasteiger partial charge in [-0.05, 0) is 42.5 Å². The van der Waals surface area contributed by atoms with Gasteiger partial charge in [-0.25, -0.2) is 0 Å². The molecule has 0 bridgehead atoms.